The molecule has 0 fully saturated rings. The lowest BCUT2D eigenvalue weighted by Gasteiger charge is -2.10. The second kappa shape index (κ2) is 9.66. The molecule has 6 rings (SSSR count). The molecule has 0 spiro atoms. The molecule has 0 saturated heterocycles. The van der Waals surface area contributed by atoms with Crippen LogP contribution in [0.25, 0.3) is 43.7 Å². The minimum Gasteiger partial charge on any atom is -0.493 e. The molecule has 0 aliphatic rings. The number of rotatable bonds is 7. The topological polar surface area (TPSA) is 84.4 Å². The summed E-state index contributed by atoms with van der Waals surface area (Å²) in [4.78, 5) is 19.2. The Morgan fingerprint density at radius 1 is 0.811 bits per heavy atom. The third-order valence-corrected chi connectivity index (χ3v) is 6.61. The van der Waals surface area contributed by atoms with Gasteiger partial charge >= 0.3 is 6.16 Å². The van der Waals surface area contributed by atoms with Crippen LogP contribution >= 0.6 is 0 Å². The molecule has 0 bridgehead atoms. The van der Waals surface area contributed by atoms with E-state index in [2.05, 4.69) is 22.1 Å². The van der Waals surface area contributed by atoms with Gasteiger partial charge in [-0.05, 0) is 42.0 Å². The fraction of sp³-hybridized carbons (Fsp3) is 0.0968. The highest BCUT2D eigenvalue weighted by Crippen LogP contribution is 2.38. The molecule has 2 aromatic heterocycles. The molecule has 0 unspecified atom stereocenters. The molecule has 0 amide bonds. The predicted octanol–water partition coefficient (Wildman–Crippen LogP) is 7.60. The highest BCUT2D eigenvalue weighted by atomic mass is 16.7. The quantitative estimate of drug-likeness (QED) is 0.178. The molecular formula is C31H24N2O4. The number of hydrogen-bond donors (Lipinski definition) is 2. The summed E-state index contributed by atoms with van der Waals surface area (Å²) in [5, 5.41) is 13.5. The summed E-state index contributed by atoms with van der Waals surface area (Å²) in [6.45, 7) is 0.488. The molecule has 0 atom stereocenters. The van der Waals surface area contributed by atoms with Gasteiger partial charge in [-0.3, -0.25) is 4.98 Å². The molecule has 6 aromatic rings. The fourth-order valence-electron chi connectivity index (χ4n) is 4.98. The lowest BCUT2D eigenvalue weighted by Crippen LogP contribution is -2.06. The number of nitrogens with zero attached hydrogens (tertiary/aromatic N) is 1. The van der Waals surface area contributed by atoms with Gasteiger partial charge in [-0.25, -0.2) is 4.79 Å². The normalized spacial score (nSPS) is 11.2. The van der Waals surface area contributed by atoms with Crippen molar-refractivity contribution in [1.29, 1.82) is 0 Å². The van der Waals surface area contributed by atoms with Crippen molar-refractivity contribution in [1.82, 2.24) is 9.97 Å². The van der Waals surface area contributed by atoms with Gasteiger partial charge in [0.05, 0.1) is 17.6 Å². The minimum atomic E-state index is -1.35. The predicted molar refractivity (Wildman–Crippen MR) is 145 cm³/mol. The number of carbonyl (C=O) groups is 1. The Hall–Kier alpha value is -4.84. The van der Waals surface area contributed by atoms with Crippen LogP contribution in [0.2, 0.25) is 0 Å². The van der Waals surface area contributed by atoms with E-state index in [4.69, 9.17) is 9.47 Å². The number of pyridine rings is 1. The molecule has 0 saturated carbocycles. The Morgan fingerprint density at radius 2 is 1.57 bits per heavy atom. The first-order valence-electron chi connectivity index (χ1n) is 12.2. The molecule has 0 radical (unpaired) electrons. The molecule has 2 heterocycles. The van der Waals surface area contributed by atoms with Gasteiger partial charge in [0.1, 0.15) is 5.75 Å². The first-order valence-corrected chi connectivity index (χ1v) is 12.2. The van der Waals surface area contributed by atoms with Crippen LogP contribution in [0, 0.1) is 0 Å². The lowest BCUT2D eigenvalue weighted by molar-refractivity contribution is 0.142. The van der Waals surface area contributed by atoms with Gasteiger partial charge in [-0.1, -0.05) is 72.8 Å². The molecule has 37 heavy (non-hydrogen) atoms. The largest absolute Gasteiger partial charge is 0.512 e. The molecule has 6 nitrogen and oxygen atoms in total. The summed E-state index contributed by atoms with van der Waals surface area (Å²) in [6, 6.07) is 30.1. The Balaban J connectivity index is 1.32. The number of ether oxygens (including phenoxy) is 2. The minimum absolute atomic E-state index is 0.249. The van der Waals surface area contributed by atoms with Gasteiger partial charge in [-0.2, -0.15) is 0 Å². The van der Waals surface area contributed by atoms with Crippen LogP contribution in [-0.2, 0) is 6.42 Å². The summed E-state index contributed by atoms with van der Waals surface area (Å²) in [7, 11) is 0. The van der Waals surface area contributed by atoms with E-state index in [1.807, 2.05) is 78.9 Å². The number of aromatic amines is 1. The van der Waals surface area contributed by atoms with Crippen LogP contribution in [0.5, 0.6) is 11.6 Å². The van der Waals surface area contributed by atoms with Crippen LogP contribution < -0.4 is 9.47 Å². The van der Waals surface area contributed by atoms with Crippen molar-refractivity contribution >= 4 is 38.7 Å². The Labute approximate surface area is 213 Å². The zero-order valence-electron chi connectivity index (χ0n) is 20.0. The van der Waals surface area contributed by atoms with Gasteiger partial charge in [0.25, 0.3) is 0 Å². The number of aryl methyl sites for hydroxylation is 1. The smallest absolute Gasteiger partial charge is 0.493 e. The first kappa shape index (κ1) is 22.6. The van der Waals surface area contributed by atoms with E-state index < -0.39 is 6.16 Å². The van der Waals surface area contributed by atoms with Gasteiger partial charge in [0.15, 0.2) is 0 Å². The number of hydrogen-bond acceptors (Lipinski definition) is 4. The number of H-pyrrole nitrogens is 1. The molecule has 0 aliphatic carbocycles. The van der Waals surface area contributed by atoms with E-state index in [1.165, 1.54) is 0 Å². The number of carboxylic acid groups (broad SMARTS) is 1. The van der Waals surface area contributed by atoms with Crippen molar-refractivity contribution in [2.75, 3.05) is 6.61 Å². The van der Waals surface area contributed by atoms with Crippen LogP contribution in [0.1, 0.15) is 12.0 Å². The maximum atomic E-state index is 11.5. The van der Waals surface area contributed by atoms with Gasteiger partial charge < -0.3 is 19.6 Å². The number of nitrogens with one attached hydrogen (secondary N) is 1. The second-order valence-corrected chi connectivity index (χ2v) is 8.83. The molecule has 0 aliphatic heterocycles. The average molecular weight is 489 g/mol. The monoisotopic (exact) mass is 488 g/mol. The van der Waals surface area contributed by atoms with Crippen LogP contribution in [0.15, 0.2) is 97.2 Å². The van der Waals surface area contributed by atoms with Crippen molar-refractivity contribution in [2.45, 2.75) is 12.8 Å². The SMILES string of the molecule is O=C(O)Oc1[nH]c2c(-c3ccnc4ccccc34)cccc2c1CCCOc1cccc2ccccc12. The van der Waals surface area contributed by atoms with Gasteiger partial charge in [0.2, 0.25) is 5.88 Å². The number of fused-ring (bicyclic) bond motifs is 3. The summed E-state index contributed by atoms with van der Waals surface area (Å²) >= 11 is 0. The Kier molecular flexibility index (Phi) is 5.91. The van der Waals surface area contributed by atoms with Gasteiger partial charge in [-0.15, -0.1) is 0 Å². The van der Waals surface area contributed by atoms with E-state index >= 15 is 0 Å². The number of aromatic nitrogens is 2. The van der Waals surface area contributed by atoms with Crippen molar-refractivity contribution in [2.24, 2.45) is 0 Å². The van der Waals surface area contributed by atoms with Crippen LogP contribution in [0.4, 0.5) is 4.79 Å². The van der Waals surface area contributed by atoms with Crippen molar-refractivity contribution in [3.63, 3.8) is 0 Å². The van der Waals surface area contributed by atoms with Gasteiger partial charge in [0, 0.05) is 33.5 Å². The van der Waals surface area contributed by atoms with Crippen molar-refractivity contribution < 1.29 is 19.4 Å². The fourth-order valence-corrected chi connectivity index (χ4v) is 4.98. The zero-order chi connectivity index (χ0) is 25.2. The highest BCUT2D eigenvalue weighted by Gasteiger charge is 2.19. The summed E-state index contributed by atoms with van der Waals surface area (Å²) < 4.78 is 11.3. The van der Waals surface area contributed by atoms with E-state index in [-0.39, 0.29) is 5.88 Å². The lowest BCUT2D eigenvalue weighted by atomic mass is 9.98. The Bertz CT molecular complexity index is 1740. The summed E-state index contributed by atoms with van der Waals surface area (Å²) in [5.74, 6) is 1.09. The Morgan fingerprint density at radius 3 is 2.46 bits per heavy atom. The molecule has 6 heteroatoms. The maximum Gasteiger partial charge on any atom is 0.512 e. The molecular weight excluding hydrogens is 464 g/mol. The standard InChI is InChI=1S/C31H24N2O4/c34-31(35)37-30-26(14-7-19-36-28-16-5-9-20-8-1-2-10-21(20)28)25-13-6-12-24(29(25)33-30)22-17-18-32-27-15-4-3-11-23(22)27/h1-6,8-13,15-18,33H,7,14,19H2,(H,34,35). The third kappa shape index (κ3) is 4.34. The summed E-state index contributed by atoms with van der Waals surface area (Å²) in [5.41, 5.74) is 4.53. The molecule has 2 N–H and O–H groups in total. The van der Waals surface area contributed by atoms with E-state index in [1.54, 1.807) is 6.20 Å². The van der Waals surface area contributed by atoms with E-state index in [0.717, 1.165) is 55.0 Å². The molecule has 182 valence electrons. The van der Waals surface area contributed by atoms with E-state index in [9.17, 15) is 9.90 Å². The first-order chi connectivity index (χ1) is 18.2. The van der Waals surface area contributed by atoms with Crippen LogP contribution in [0.3, 0.4) is 0 Å². The highest BCUT2D eigenvalue weighted by molar-refractivity contribution is 6.04. The maximum absolute atomic E-state index is 11.5. The second-order valence-electron chi connectivity index (χ2n) is 8.83. The number of para-hydroxylation sites is 2. The third-order valence-electron chi connectivity index (χ3n) is 6.61. The number of benzene rings is 4. The molecule has 4 aromatic carbocycles. The zero-order valence-corrected chi connectivity index (χ0v) is 20.0. The van der Waals surface area contributed by atoms with Crippen molar-refractivity contribution in [3.8, 4) is 22.8 Å². The van der Waals surface area contributed by atoms with E-state index in [0.29, 0.717) is 19.4 Å². The van der Waals surface area contributed by atoms with Crippen LogP contribution in [-0.4, -0.2) is 27.8 Å². The summed E-state index contributed by atoms with van der Waals surface area (Å²) in [6.07, 6.45) is 1.72. The average Bonchev–Trinajstić information content (AvgIpc) is 3.27. The van der Waals surface area contributed by atoms with Crippen molar-refractivity contribution in [3.05, 3.63) is 103 Å².